The van der Waals surface area contributed by atoms with Crippen LogP contribution < -0.4 is 10.9 Å². The third-order valence-electron chi connectivity index (χ3n) is 3.43. The highest BCUT2D eigenvalue weighted by molar-refractivity contribution is 14.1. The van der Waals surface area contributed by atoms with Crippen LogP contribution in [-0.2, 0) is 0 Å². The highest BCUT2D eigenvalue weighted by Gasteiger charge is 2.10. The summed E-state index contributed by atoms with van der Waals surface area (Å²) < 4.78 is 0.891. The van der Waals surface area contributed by atoms with Crippen molar-refractivity contribution in [1.29, 1.82) is 0 Å². The lowest BCUT2D eigenvalue weighted by Crippen LogP contribution is -2.13. The predicted octanol–water partition coefficient (Wildman–Crippen LogP) is 3.69. The Hall–Kier alpha value is -2.15. The van der Waals surface area contributed by atoms with Gasteiger partial charge in [-0.15, -0.1) is 0 Å². The lowest BCUT2D eigenvalue weighted by atomic mass is 10.1. The molecular formula is C17H13IN2O2. The zero-order valence-electron chi connectivity index (χ0n) is 11.8. The van der Waals surface area contributed by atoms with Gasteiger partial charge in [-0.2, -0.15) is 0 Å². The Morgan fingerprint density at radius 2 is 1.91 bits per heavy atom. The van der Waals surface area contributed by atoms with Crippen molar-refractivity contribution in [2.45, 2.75) is 6.92 Å². The second kappa shape index (κ2) is 5.92. The first-order chi connectivity index (χ1) is 10.5. The molecule has 5 heteroatoms. The number of amides is 1. The molecule has 2 N–H and O–H groups in total. The number of hydrogen-bond acceptors (Lipinski definition) is 2. The predicted molar refractivity (Wildman–Crippen MR) is 96.4 cm³/mol. The number of H-pyrrole nitrogens is 1. The highest BCUT2D eigenvalue weighted by atomic mass is 127. The Morgan fingerprint density at radius 1 is 1.14 bits per heavy atom. The van der Waals surface area contributed by atoms with E-state index in [9.17, 15) is 9.59 Å². The average Bonchev–Trinajstić information content (AvgIpc) is 2.47. The molecule has 2 aromatic carbocycles. The molecule has 0 bridgehead atoms. The van der Waals surface area contributed by atoms with Gasteiger partial charge in [0, 0.05) is 20.7 Å². The lowest BCUT2D eigenvalue weighted by Gasteiger charge is -2.08. The maximum absolute atomic E-state index is 12.3. The molecule has 3 rings (SSSR count). The van der Waals surface area contributed by atoms with E-state index in [2.05, 4.69) is 32.9 Å². The van der Waals surface area contributed by atoms with Crippen LogP contribution >= 0.6 is 22.6 Å². The summed E-state index contributed by atoms with van der Waals surface area (Å²) in [5.41, 5.74) is 2.75. The summed E-state index contributed by atoms with van der Waals surface area (Å²) in [6, 6.07) is 14.5. The van der Waals surface area contributed by atoms with Gasteiger partial charge < -0.3 is 10.3 Å². The maximum Gasteiger partial charge on any atom is 0.256 e. The van der Waals surface area contributed by atoms with Gasteiger partial charge in [0.2, 0.25) is 5.56 Å². The van der Waals surface area contributed by atoms with E-state index < -0.39 is 0 Å². The molecule has 0 atom stereocenters. The minimum atomic E-state index is -0.167. The van der Waals surface area contributed by atoms with Crippen molar-refractivity contribution in [3.05, 3.63) is 73.6 Å². The second-order valence-corrected chi connectivity index (χ2v) is 6.17. The van der Waals surface area contributed by atoms with Crippen LogP contribution in [0.4, 0.5) is 5.69 Å². The van der Waals surface area contributed by atoms with Gasteiger partial charge in [0.15, 0.2) is 0 Å². The lowest BCUT2D eigenvalue weighted by molar-refractivity contribution is 0.102. The van der Waals surface area contributed by atoms with Crippen LogP contribution in [0.1, 0.15) is 15.9 Å². The number of anilines is 1. The first kappa shape index (κ1) is 14.8. The monoisotopic (exact) mass is 404 g/mol. The van der Waals surface area contributed by atoms with Crippen molar-refractivity contribution >= 4 is 45.1 Å². The SMILES string of the molecule is Cc1cc(=O)[nH]c2cc(NC(=O)c3ccccc3I)ccc12. The summed E-state index contributed by atoms with van der Waals surface area (Å²) in [5, 5.41) is 3.83. The molecule has 0 spiro atoms. The molecule has 1 heterocycles. The Bertz CT molecular complexity index is 931. The maximum atomic E-state index is 12.3. The van der Waals surface area contributed by atoms with Crippen LogP contribution in [0.15, 0.2) is 53.3 Å². The van der Waals surface area contributed by atoms with Crippen LogP contribution in [0.3, 0.4) is 0 Å². The van der Waals surface area contributed by atoms with Crippen molar-refractivity contribution in [3.63, 3.8) is 0 Å². The van der Waals surface area contributed by atoms with Gasteiger partial charge in [0.1, 0.15) is 0 Å². The van der Waals surface area contributed by atoms with Gasteiger partial charge in [0.05, 0.1) is 11.1 Å². The standard InChI is InChI=1S/C17H13IN2O2/c1-10-8-16(21)20-15-9-11(6-7-12(10)15)19-17(22)13-4-2-3-5-14(13)18/h2-9H,1H3,(H,19,22)(H,20,21). The fourth-order valence-electron chi connectivity index (χ4n) is 2.36. The molecular weight excluding hydrogens is 391 g/mol. The van der Waals surface area contributed by atoms with Gasteiger partial charge in [-0.1, -0.05) is 18.2 Å². The number of aryl methyl sites for hydroxylation is 1. The molecule has 3 aromatic rings. The Labute approximate surface area is 140 Å². The zero-order chi connectivity index (χ0) is 15.7. The van der Waals surface area contributed by atoms with E-state index in [1.54, 1.807) is 18.2 Å². The van der Waals surface area contributed by atoms with Crippen molar-refractivity contribution in [2.75, 3.05) is 5.32 Å². The van der Waals surface area contributed by atoms with Crippen molar-refractivity contribution in [2.24, 2.45) is 0 Å². The average molecular weight is 404 g/mol. The third kappa shape index (κ3) is 2.89. The zero-order valence-corrected chi connectivity index (χ0v) is 14.0. The second-order valence-electron chi connectivity index (χ2n) is 5.01. The number of hydrogen-bond donors (Lipinski definition) is 2. The molecule has 0 unspecified atom stereocenters. The largest absolute Gasteiger partial charge is 0.322 e. The van der Waals surface area contributed by atoms with E-state index >= 15 is 0 Å². The Morgan fingerprint density at radius 3 is 2.68 bits per heavy atom. The minimum Gasteiger partial charge on any atom is -0.322 e. The number of nitrogens with one attached hydrogen (secondary N) is 2. The number of benzene rings is 2. The molecule has 0 radical (unpaired) electrons. The van der Waals surface area contributed by atoms with Gasteiger partial charge >= 0.3 is 0 Å². The number of pyridine rings is 1. The topological polar surface area (TPSA) is 62.0 Å². The molecule has 1 amide bonds. The minimum absolute atomic E-state index is 0.147. The van der Waals surface area contributed by atoms with E-state index in [0.29, 0.717) is 16.8 Å². The number of halogens is 1. The van der Waals surface area contributed by atoms with Crippen LogP contribution in [0.2, 0.25) is 0 Å². The van der Waals surface area contributed by atoms with E-state index in [4.69, 9.17) is 0 Å². The summed E-state index contributed by atoms with van der Waals surface area (Å²) in [5.74, 6) is -0.167. The molecule has 110 valence electrons. The third-order valence-corrected chi connectivity index (χ3v) is 4.37. The van der Waals surface area contributed by atoms with Crippen LogP contribution in [0, 0.1) is 10.5 Å². The summed E-state index contributed by atoms with van der Waals surface area (Å²) in [6.45, 7) is 1.89. The van der Waals surface area contributed by atoms with E-state index in [0.717, 1.165) is 14.5 Å². The summed E-state index contributed by atoms with van der Waals surface area (Å²) >= 11 is 2.13. The molecule has 0 aliphatic heterocycles. The number of aromatic amines is 1. The van der Waals surface area contributed by atoms with Gasteiger partial charge in [-0.05, 0) is 59.3 Å². The highest BCUT2D eigenvalue weighted by Crippen LogP contribution is 2.20. The van der Waals surface area contributed by atoms with Gasteiger partial charge in [-0.25, -0.2) is 0 Å². The van der Waals surface area contributed by atoms with Gasteiger partial charge in [-0.3, -0.25) is 9.59 Å². The molecule has 0 aliphatic carbocycles. The molecule has 0 aliphatic rings. The fourth-order valence-corrected chi connectivity index (χ4v) is 2.99. The number of aromatic nitrogens is 1. The summed E-state index contributed by atoms with van der Waals surface area (Å²) in [4.78, 5) is 26.7. The van der Waals surface area contributed by atoms with E-state index in [-0.39, 0.29) is 11.5 Å². The molecule has 0 saturated carbocycles. The van der Waals surface area contributed by atoms with Crippen molar-refractivity contribution < 1.29 is 4.79 Å². The quantitative estimate of drug-likeness (QED) is 0.640. The first-order valence-corrected chi connectivity index (χ1v) is 7.82. The number of carbonyl (C=O) groups is 1. The fraction of sp³-hybridized carbons (Fsp3) is 0.0588. The number of fused-ring (bicyclic) bond motifs is 1. The summed E-state index contributed by atoms with van der Waals surface area (Å²) in [6.07, 6.45) is 0. The Kier molecular flexibility index (Phi) is 3.98. The van der Waals surface area contributed by atoms with Crippen molar-refractivity contribution in [1.82, 2.24) is 4.98 Å². The normalized spacial score (nSPS) is 10.6. The molecule has 0 saturated heterocycles. The smallest absolute Gasteiger partial charge is 0.256 e. The summed E-state index contributed by atoms with van der Waals surface area (Å²) in [7, 11) is 0. The first-order valence-electron chi connectivity index (χ1n) is 6.74. The van der Waals surface area contributed by atoms with Crippen molar-refractivity contribution in [3.8, 4) is 0 Å². The molecule has 1 aromatic heterocycles. The molecule has 22 heavy (non-hydrogen) atoms. The van der Waals surface area contributed by atoms with E-state index in [1.807, 2.05) is 37.3 Å². The van der Waals surface area contributed by atoms with Crippen LogP contribution in [0.25, 0.3) is 10.9 Å². The van der Waals surface area contributed by atoms with Crippen LogP contribution in [-0.4, -0.2) is 10.9 Å². The molecule has 4 nitrogen and oxygen atoms in total. The Balaban J connectivity index is 1.96. The molecule has 0 fully saturated rings. The number of rotatable bonds is 2. The number of carbonyl (C=O) groups excluding carboxylic acids is 1. The van der Waals surface area contributed by atoms with E-state index in [1.165, 1.54) is 0 Å². The van der Waals surface area contributed by atoms with Crippen LogP contribution in [0.5, 0.6) is 0 Å². The van der Waals surface area contributed by atoms with Gasteiger partial charge in [0.25, 0.3) is 5.91 Å².